The minimum atomic E-state index is -5.14. The number of rotatable bonds is 1. The van der Waals surface area contributed by atoms with Crippen LogP contribution in [0.2, 0.25) is 18.6 Å². The number of hydrogen-bond donors (Lipinski definition) is 0. The van der Waals surface area contributed by atoms with Gasteiger partial charge < -0.3 is 0 Å². The van der Waals surface area contributed by atoms with Gasteiger partial charge in [0.2, 0.25) is 0 Å². The summed E-state index contributed by atoms with van der Waals surface area (Å²) >= 11 is 0. The summed E-state index contributed by atoms with van der Waals surface area (Å²) in [4.78, 5) is 0. The minimum absolute atomic E-state index is 1.03. The van der Waals surface area contributed by atoms with Gasteiger partial charge in [-0.3, -0.25) is 0 Å². The maximum absolute atomic E-state index is 11.8. The van der Waals surface area contributed by atoms with Gasteiger partial charge in [0.15, 0.2) is 0 Å². The van der Waals surface area contributed by atoms with E-state index < -0.39 is 26.7 Å². The Morgan fingerprint density at radius 2 is 1.08 bits per heavy atom. The highest BCUT2D eigenvalue weighted by Gasteiger charge is 2.57. The van der Waals surface area contributed by atoms with Crippen molar-refractivity contribution >= 4 is 8.80 Å². The van der Waals surface area contributed by atoms with E-state index in [-0.39, 0.29) is 0 Å². The Morgan fingerprint density at radius 3 is 1.08 bits per heavy atom. The topological polar surface area (TPSA) is 0 Å². The van der Waals surface area contributed by atoms with Gasteiger partial charge in [0.1, 0.15) is 5.54 Å². The van der Waals surface area contributed by atoms with Gasteiger partial charge in [-0.1, -0.05) is 13.1 Å². The van der Waals surface area contributed by atoms with Crippen molar-refractivity contribution < 1.29 is 26.3 Å². The van der Waals surface area contributed by atoms with Gasteiger partial charge in [0.05, 0.1) is 8.80 Å². The zero-order chi connectivity index (χ0) is 10.2. The first-order valence-electron chi connectivity index (χ1n) is 3.20. The first-order valence-corrected chi connectivity index (χ1v) is 6.18. The smallest absolute Gasteiger partial charge is 0.171 e. The van der Waals surface area contributed by atoms with Crippen LogP contribution in [0.25, 0.3) is 0 Å². The Morgan fingerprint density at radius 1 is 0.833 bits per heavy atom. The molecule has 0 rings (SSSR count). The molecule has 74 valence electrons. The molecule has 0 bridgehead atoms. The fourth-order valence-electron chi connectivity index (χ4n) is 0.942. The Balaban J connectivity index is 4.70. The molecule has 0 N–H and O–H groups in total. The Labute approximate surface area is 67.2 Å². The molecule has 0 aromatic carbocycles. The highest BCUT2D eigenvalue weighted by atomic mass is 28.3. The van der Waals surface area contributed by atoms with E-state index in [9.17, 15) is 26.3 Å². The summed E-state index contributed by atoms with van der Waals surface area (Å²) in [6.07, 6.45) is -10.3. The van der Waals surface area contributed by atoms with Crippen LogP contribution in [0.15, 0.2) is 0 Å². The van der Waals surface area contributed by atoms with Crippen LogP contribution >= 0.6 is 0 Å². The second kappa shape index (κ2) is 3.27. The molecule has 0 aliphatic heterocycles. The van der Waals surface area contributed by atoms with Gasteiger partial charge in [-0.05, 0) is 0 Å². The van der Waals surface area contributed by atoms with Crippen LogP contribution in [0.5, 0.6) is 0 Å². The van der Waals surface area contributed by atoms with Crippen molar-refractivity contribution in [3.05, 3.63) is 0 Å². The maximum atomic E-state index is 11.8. The molecule has 0 saturated carbocycles. The van der Waals surface area contributed by atoms with Crippen LogP contribution < -0.4 is 0 Å². The average molecular weight is 210 g/mol. The molecule has 0 aromatic rings. The largest absolute Gasteiger partial charge is 0.397 e. The van der Waals surface area contributed by atoms with E-state index in [1.54, 1.807) is 0 Å². The van der Waals surface area contributed by atoms with E-state index in [1.807, 2.05) is 0 Å². The van der Waals surface area contributed by atoms with Gasteiger partial charge in [-0.15, -0.1) is 0 Å². The molecule has 0 unspecified atom stereocenters. The van der Waals surface area contributed by atoms with Gasteiger partial charge in [-0.2, -0.15) is 26.3 Å². The lowest BCUT2D eigenvalue weighted by molar-refractivity contribution is -0.232. The van der Waals surface area contributed by atoms with Crippen LogP contribution in [-0.2, 0) is 0 Å². The quantitative estimate of drug-likeness (QED) is 0.461. The molecule has 0 amide bonds. The predicted molar refractivity (Wildman–Crippen MR) is 34.7 cm³/mol. The molecule has 0 aliphatic carbocycles. The lowest BCUT2D eigenvalue weighted by Crippen LogP contribution is -2.39. The van der Waals surface area contributed by atoms with Gasteiger partial charge in [0, 0.05) is 0 Å². The van der Waals surface area contributed by atoms with E-state index in [2.05, 4.69) is 0 Å². The van der Waals surface area contributed by atoms with Crippen LogP contribution in [0.4, 0.5) is 26.3 Å². The number of halogens is 6. The van der Waals surface area contributed by atoms with Gasteiger partial charge >= 0.3 is 12.4 Å². The van der Waals surface area contributed by atoms with Crippen molar-refractivity contribution in [2.24, 2.45) is 0 Å². The SMILES string of the molecule is C[SiH](C)C(C(F)(F)F)C(F)(F)F. The maximum Gasteiger partial charge on any atom is 0.397 e. The number of hydrogen-bond acceptors (Lipinski definition) is 0. The molecular formula is C5H8F6Si. The average Bonchev–Trinajstić information content (AvgIpc) is 1.49. The van der Waals surface area contributed by atoms with Crippen LogP contribution in [0, 0.1) is 0 Å². The molecule has 0 spiro atoms. The van der Waals surface area contributed by atoms with Crippen LogP contribution in [-0.4, -0.2) is 21.1 Å². The van der Waals surface area contributed by atoms with E-state index in [4.69, 9.17) is 0 Å². The first-order chi connectivity index (χ1) is 5.07. The molecule has 0 heterocycles. The van der Waals surface area contributed by atoms with E-state index in [0.29, 0.717) is 0 Å². The summed E-state index contributed by atoms with van der Waals surface area (Å²) in [5.41, 5.74) is -3.08. The standard InChI is InChI=1S/C5H8F6Si/c1-12(2)3(4(6,7)8)5(9,10)11/h3,12H,1-2H3. The van der Waals surface area contributed by atoms with Crippen LogP contribution in [0.1, 0.15) is 0 Å². The third-order valence-electron chi connectivity index (χ3n) is 1.37. The van der Waals surface area contributed by atoms with E-state index in [0.717, 1.165) is 13.1 Å². The second-order valence-corrected chi connectivity index (χ2v) is 5.96. The fourth-order valence-corrected chi connectivity index (χ4v) is 2.45. The van der Waals surface area contributed by atoms with Crippen molar-refractivity contribution in [2.75, 3.05) is 0 Å². The summed E-state index contributed by atoms with van der Waals surface area (Å²) < 4.78 is 70.7. The van der Waals surface area contributed by atoms with Gasteiger partial charge in [-0.25, -0.2) is 0 Å². The third kappa shape index (κ3) is 3.04. The molecule has 0 saturated heterocycles. The Hall–Kier alpha value is -0.203. The predicted octanol–water partition coefficient (Wildman–Crippen LogP) is 2.97. The third-order valence-corrected chi connectivity index (χ3v) is 3.46. The minimum Gasteiger partial charge on any atom is -0.171 e. The lowest BCUT2D eigenvalue weighted by Gasteiger charge is -2.25. The summed E-state index contributed by atoms with van der Waals surface area (Å²) in [6.45, 7) is 2.07. The van der Waals surface area contributed by atoms with Crippen molar-refractivity contribution in [1.82, 2.24) is 0 Å². The molecule has 0 aliphatic rings. The molecule has 0 atom stereocenters. The summed E-state index contributed by atoms with van der Waals surface area (Å²) in [5.74, 6) is 0. The first kappa shape index (κ1) is 11.8. The summed E-state index contributed by atoms with van der Waals surface area (Å²) in [7, 11) is -2.79. The molecule has 12 heavy (non-hydrogen) atoms. The van der Waals surface area contributed by atoms with Crippen molar-refractivity contribution in [3.63, 3.8) is 0 Å². The highest BCUT2D eigenvalue weighted by Crippen LogP contribution is 2.45. The zero-order valence-electron chi connectivity index (χ0n) is 6.42. The normalized spacial score (nSPS) is 14.5. The van der Waals surface area contributed by atoms with Crippen molar-refractivity contribution in [2.45, 2.75) is 31.0 Å². The number of alkyl halides is 6. The monoisotopic (exact) mass is 210 g/mol. The molecule has 0 fully saturated rings. The van der Waals surface area contributed by atoms with Crippen molar-refractivity contribution in [3.8, 4) is 0 Å². The molecule has 0 aromatic heterocycles. The second-order valence-electron chi connectivity index (χ2n) is 2.80. The van der Waals surface area contributed by atoms with E-state index in [1.165, 1.54) is 0 Å². The zero-order valence-corrected chi connectivity index (χ0v) is 7.58. The molecule has 0 radical (unpaired) electrons. The van der Waals surface area contributed by atoms with Crippen LogP contribution in [0.3, 0.4) is 0 Å². The molecule has 7 heteroatoms. The Kier molecular flexibility index (Phi) is 3.22. The fraction of sp³-hybridized carbons (Fsp3) is 1.00. The van der Waals surface area contributed by atoms with Gasteiger partial charge in [0.25, 0.3) is 0 Å². The van der Waals surface area contributed by atoms with Crippen molar-refractivity contribution in [1.29, 1.82) is 0 Å². The molecule has 0 nitrogen and oxygen atoms in total. The summed E-state index contributed by atoms with van der Waals surface area (Å²) in [5, 5.41) is 0. The lowest BCUT2D eigenvalue weighted by atomic mass is 10.4. The summed E-state index contributed by atoms with van der Waals surface area (Å²) in [6, 6.07) is 0. The highest BCUT2D eigenvalue weighted by molar-refractivity contribution is 6.58. The van der Waals surface area contributed by atoms with E-state index >= 15 is 0 Å². The molecular weight excluding hydrogens is 202 g/mol. The Bertz CT molecular complexity index is 131.